The largest absolute Gasteiger partial charge is 0.396 e. The third-order valence-electron chi connectivity index (χ3n) is 2.05. The van der Waals surface area contributed by atoms with Crippen molar-refractivity contribution in [1.82, 2.24) is 0 Å². The van der Waals surface area contributed by atoms with E-state index in [9.17, 15) is 4.39 Å². The van der Waals surface area contributed by atoms with E-state index in [2.05, 4.69) is 5.32 Å². The van der Waals surface area contributed by atoms with Gasteiger partial charge >= 0.3 is 0 Å². The van der Waals surface area contributed by atoms with Crippen LogP contribution in [0.25, 0.3) is 0 Å². The lowest BCUT2D eigenvalue weighted by Gasteiger charge is -2.05. The molecule has 0 saturated heterocycles. The van der Waals surface area contributed by atoms with Crippen LogP contribution >= 0.6 is 11.3 Å². The molecule has 2 rings (SSSR count). The Kier molecular flexibility index (Phi) is 2.87. The van der Waals surface area contributed by atoms with Gasteiger partial charge in [-0.05, 0) is 29.6 Å². The van der Waals surface area contributed by atoms with Gasteiger partial charge in [-0.3, -0.25) is 0 Å². The Morgan fingerprint density at radius 3 is 2.87 bits per heavy atom. The normalized spacial score (nSPS) is 10.2. The molecular weight excluding hydrogens is 211 g/mol. The highest BCUT2D eigenvalue weighted by atomic mass is 32.1. The number of hydrogen-bond acceptors (Lipinski definition) is 3. The summed E-state index contributed by atoms with van der Waals surface area (Å²) in [5.74, 6) is -0.383. The first-order chi connectivity index (χ1) is 7.25. The fraction of sp³-hybridized carbons (Fsp3) is 0.0909. The maximum absolute atomic E-state index is 13.1. The van der Waals surface area contributed by atoms with Crippen molar-refractivity contribution >= 4 is 22.7 Å². The molecule has 0 aliphatic heterocycles. The van der Waals surface area contributed by atoms with Crippen molar-refractivity contribution in [3.63, 3.8) is 0 Å². The Morgan fingerprint density at radius 1 is 1.33 bits per heavy atom. The number of nitrogen functional groups attached to an aromatic ring is 1. The van der Waals surface area contributed by atoms with Gasteiger partial charge in [-0.1, -0.05) is 6.07 Å². The van der Waals surface area contributed by atoms with E-state index in [0.29, 0.717) is 6.54 Å². The van der Waals surface area contributed by atoms with Crippen molar-refractivity contribution in [3.05, 3.63) is 46.4 Å². The topological polar surface area (TPSA) is 38.0 Å². The smallest absolute Gasteiger partial charge is 0.148 e. The Labute approximate surface area is 91.5 Å². The molecule has 0 aliphatic carbocycles. The van der Waals surface area contributed by atoms with E-state index in [1.54, 1.807) is 23.5 Å². The molecule has 0 fully saturated rings. The fourth-order valence-corrected chi connectivity index (χ4v) is 1.88. The van der Waals surface area contributed by atoms with Crippen LogP contribution in [0.2, 0.25) is 0 Å². The molecular formula is C11H11FN2S. The molecule has 0 bridgehead atoms. The summed E-state index contributed by atoms with van der Waals surface area (Å²) in [5, 5.41) is 5.14. The summed E-state index contributed by atoms with van der Waals surface area (Å²) in [5.41, 5.74) is 6.30. The molecule has 2 nitrogen and oxygen atoms in total. The number of nitrogens with two attached hydrogens (primary N) is 1. The van der Waals surface area contributed by atoms with Gasteiger partial charge < -0.3 is 11.1 Å². The number of benzene rings is 1. The first kappa shape index (κ1) is 9.98. The number of anilines is 2. The molecule has 15 heavy (non-hydrogen) atoms. The maximum atomic E-state index is 13.1. The number of rotatable bonds is 3. The molecule has 0 saturated carbocycles. The summed E-state index contributed by atoms with van der Waals surface area (Å²) >= 11 is 1.67. The molecule has 1 aromatic carbocycles. The molecule has 1 heterocycles. The quantitative estimate of drug-likeness (QED) is 0.783. The lowest BCUT2D eigenvalue weighted by atomic mass is 10.2. The Bertz CT molecular complexity index is 440. The van der Waals surface area contributed by atoms with Crippen LogP contribution in [0.3, 0.4) is 0 Å². The van der Waals surface area contributed by atoms with Gasteiger partial charge in [0.1, 0.15) is 5.82 Å². The van der Waals surface area contributed by atoms with Crippen LogP contribution in [0.1, 0.15) is 4.88 Å². The van der Waals surface area contributed by atoms with E-state index in [4.69, 9.17) is 5.73 Å². The summed E-state index contributed by atoms with van der Waals surface area (Å²) in [4.78, 5) is 1.22. The zero-order chi connectivity index (χ0) is 10.7. The van der Waals surface area contributed by atoms with Crippen LogP contribution in [0, 0.1) is 5.82 Å². The van der Waals surface area contributed by atoms with Crippen LogP contribution in [-0.2, 0) is 6.54 Å². The highest BCUT2D eigenvalue weighted by Gasteiger charge is 1.99. The van der Waals surface area contributed by atoms with Crippen molar-refractivity contribution < 1.29 is 4.39 Å². The summed E-state index contributed by atoms with van der Waals surface area (Å²) < 4.78 is 13.1. The average molecular weight is 222 g/mol. The van der Waals surface area contributed by atoms with E-state index in [1.807, 2.05) is 17.5 Å². The Balaban J connectivity index is 2.02. The molecule has 0 atom stereocenters. The molecule has 0 amide bonds. The molecule has 0 aliphatic rings. The molecule has 4 heteroatoms. The zero-order valence-electron chi connectivity index (χ0n) is 8.03. The van der Waals surface area contributed by atoms with Crippen molar-refractivity contribution in [3.8, 4) is 0 Å². The van der Waals surface area contributed by atoms with Crippen molar-refractivity contribution in [2.45, 2.75) is 6.54 Å². The molecule has 1 aromatic heterocycles. The standard InChI is InChI=1S/C11H11FN2S/c12-10-6-8(3-4-11(10)13)14-7-9-2-1-5-15-9/h1-6,14H,7,13H2. The first-order valence-corrected chi connectivity index (χ1v) is 5.45. The van der Waals surface area contributed by atoms with E-state index in [1.165, 1.54) is 10.9 Å². The Morgan fingerprint density at radius 2 is 2.20 bits per heavy atom. The minimum atomic E-state index is -0.383. The van der Waals surface area contributed by atoms with Gasteiger partial charge in [-0.2, -0.15) is 0 Å². The van der Waals surface area contributed by atoms with Crippen molar-refractivity contribution in [1.29, 1.82) is 0 Å². The zero-order valence-corrected chi connectivity index (χ0v) is 8.85. The minimum Gasteiger partial charge on any atom is -0.396 e. The molecule has 0 unspecified atom stereocenters. The first-order valence-electron chi connectivity index (χ1n) is 4.57. The summed E-state index contributed by atoms with van der Waals surface area (Å²) in [7, 11) is 0. The van der Waals surface area contributed by atoms with E-state index < -0.39 is 0 Å². The average Bonchev–Trinajstić information content (AvgIpc) is 2.73. The van der Waals surface area contributed by atoms with Crippen LogP contribution in [0.15, 0.2) is 35.7 Å². The van der Waals surface area contributed by atoms with Crippen LogP contribution < -0.4 is 11.1 Å². The number of hydrogen-bond donors (Lipinski definition) is 2. The molecule has 0 radical (unpaired) electrons. The third-order valence-corrected chi connectivity index (χ3v) is 2.92. The van der Waals surface area contributed by atoms with Gasteiger partial charge in [-0.15, -0.1) is 11.3 Å². The van der Waals surface area contributed by atoms with Gasteiger partial charge in [-0.25, -0.2) is 4.39 Å². The van der Waals surface area contributed by atoms with Gasteiger partial charge in [0.15, 0.2) is 0 Å². The van der Waals surface area contributed by atoms with Crippen LogP contribution in [-0.4, -0.2) is 0 Å². The SMILES string of the molecule is Nc1ccc(NCc2cccs2)cc1F. The molecule has 2 aromatic rings. The predicted octanol–water partition coefficient (Wildman–Crippen LogP) is 3.08. The monoisotopic (exact) mass is 222 g/mol. The lowest BCUT2D eigenvalue weighted by Crippen LogP contribution is -1.99. The second kappa shape index (κ2) is 4.31. The van der Waals surface area contributed by atoms with Crippen molar-refractivity contribution in [2.24, 2.45) is 0 Å². The number of nitrogens with one attached hydrogen (secondary N) is 1. The van der Waals surface area contributed by atoms with E-state index in [0.717, 1.165) is 5.69 Å². The highest BCUT2D eigenvalue weighted by molar-refractivity contribution is 7.09. The van der Waals surface area contributed by atoms with Gasteiger partial charge in [0, 0.05) is 17.1 Å². The molecule has 3 N–H and O–H groups in total. The van der Waals surface area contributed by atoms with Crippen molar-refractivity contribution in [2.75, 3.05) is 11.1 Å². The van der Waals surface area contributed by atoms with Crippen LogP contribution in [0.5, 0.6) is 0 Å². The Hall–Kier alpha value is -1.55. The van der Waals surface area contributed by atoms with Gasteiger partial charge in [0.2, 0.25) is 0 Å². The summed E-state index contributed by atoms with van der Waals surface area (Å²) in [6.07, 6.45) is 0. The molecule has 0 spiro atoms. The van der Waals surface area contributed by atoms with E-state index in [-0.39, 0.29) is 11.5 Å². The number of thiophene rings is 1. The molecule has 78 valence electrons. The summed E-state index contributed by atoms with van der Waals surface area (Å²) in [6, 6.07) is 8.76. The summed E-state index contributed by atoms with van der Waals surface area (Å²) in [6.45, 7) is 0.709. The second-order valence-electron chi connectivity index (χ2n) is 3.17. The predicted molar refractivity (Wildman–Crippen MR) is 62.5 cm³/mol. The number of halogens is 1. The van der Waals surface area contributed by atoms with Crippen LogP contribution in [0.4, 0.5) is 15.8 Å². The van der Waals surface area contributed by atoms with E-state index >= 15 is 0 Å². The third kappa shape index (κ3) is 2.47. The highest BCUT2D eigenvalue weighted by Crippen LogP contribution is 2.17. The van der Waals surface area contributed by atoms with Gasteiger partial charge in [0.25, 0.3) is 0 Å². The lowest BCUT2D eigenvalue weighted by molar-refractivity contribution is 0.633. The minimum absolute atomic E-state index is 0.177. The fourth-order valence-electron chi connectivity index (χ4n) is 1.24. The van der Waals surface area contributed by atoms with Gasteiger partial charge in [0.05, 0.1) is 5.69 Å². The second-order valence-corrected chi connectivity index (χ2v) is 4.20. The maximum Gasteiger partial charge on any atom is 0.148 e.